The predicted octanol–water partition coefficient (Wildman–Crippen LogP) is 3.82. The van der Waals surface area contributed by atoms with Crippen molar-refractivity contribution in [2.24, 2.45) is 0 Å². The summed E-state index contributed by atoms with van der Waals surface area (Å²) >= 11 is 0. The van der Waals surface area contributed by atoms with Crippen LogP contribution in [-0.4, -0.2) is 5.11 Å². The number of aliphatic hydroxyl groups excluding tert-OH is 1. The third kappa shape index (κ3) is 1.81. The zero-order valence-electron chi connectivity index (χ0n) is 10.1. The predicted molar refractivity (Wildman–Crippen MR) is 71.5 cm³/mol. The van der Waals surface area contributed by atoms with E-state index in [1.165, 1.54) is 0 Å². The minimum atomic E-state index is -0.718. The van der Waals surface area contributed by atoms with Crippen LogP contribution in [0.25, 0.3) is 10.8 Å². The second kappa shape index (κ2) is 4.31. The highest BCUT2D eigenvalue weighted by Gasteiger charge is 2.16. The highest BCUT2D eigenvalue weighted by Crippen LogP contribution is 2.29. The third-order valence-corrected chi connectivity index (χ3v) is 3.15. The van der Waals surface area contributed by atoms with Gasteiger partial charge in [-0.25, -0.2) is 0 Å². The molecule has 2 heteroatoms. The van der Waals surface area contributed by atoms with E-state index in [-0.39, 0.29) is 0 Å². The second-order valence-corrected chi connectivity index (χ2v) is 4.42. The lowest BCUT2D eigenvalue weighted by Crippen LogP contribution is -1.98. The number of benzene rings is 2. The van der Waals surface area contributed by atoms with Crippen LogP contribution in [-0.2, 0) is 0 Å². The number of fused-ring (bicyclic) bond motifs is 1. The summed E-state index contributed by atoms with van der Waals surface area (Å²) in [7, 11) is 0. The van der Waals surface area contributed by atoms with Gasteiger partial charge >= 0.3 is 0 Å². The molecule has 18 heavy (non-hydrogen) atoms. The summed E-state index contributed by atoms with van der Waals surface area (Å²) in [6.07, 6.45) is -0.718. The SMILES string of the molecule is Cc1ccc([C@H](O)c2cccc3ccccc23)o1. The average molecular weight is 238 g/mol. The number of aliphatic hydroxyl groups is 1. The highest BCUT2D eigenvalue weighted by molar-refractivity contribution is 5.86. The second-order valence-electron chi connectivity index (χ2n) is 4.42. The molecule has 0 aliphatic carbocycles. The van der Waals surface area contributed by atoms with E-state index in [0.29, 0.717) is 5.76 Å². The van der Waals surface area contributed by atoms with Crippen molar-refractivity contribution in [1.29, 1.82) is 0 Å². The molecule has 0 bridgehead atoms. The molecule has 1 atom stereocenters. The van der Waals surface area contributed by atoms with Gasteiger partial charge in [-0.2, -0.15) is 0 Å². The van der Waals surface area contributed by atoms with Crippen LogP contribution in [0.2, 0.25) is 0 Å². The first-order valence-corrected chi connectivity index (χ1v) is 5.98. The quantitative estimate of drug-likeness (QED) is 0.736. The minimum absolute atomic E-state index is 0.587. The van der Waals surface area contributed by atoms with E-state index in [2.05, 4.69) is 0 Å². The van der Waals surface area contributed by atoms with Crippen LogP contribution in [0.3, 0.4) is 0 Å². The van der Waals surface area contributed by atoms with E-state index in [9.17, 15) is 5.11 Å². The normalized spacial score (nSPS) is 12.8. The Morgan fingerprint density at radius 1 is 0.944 bits per heavy atom. The Hall–Kier alpha value is -2.06. The van der Waals surface area contributed by atoms with E-state index in [1.54, 1.807) is 0 Å². The summed E-state index contributed by atoms with van der Waals surface area (Å²) in [5.41, 5.74) is 0.877. The minimum Gasteiger partial charge on any atom is -0.463 e. The summed E-state index contributed by atoms with van der Waals surface area (Å²) in [6.45, 7) is 1.87. The monoisotopic (exact) mass is 238 g/mol. The molecule has 0 amide bonds. The molecule has 0 saturated carbocycles. The number of furan rings is 1. The van der Waals surface area contributed by atoms with Gasteiger partial charge in [0, 0.05) is 0 Å². The molecule has 0 aliphatic rings. The van der Waals surface area contributed by atoms with Crippen LogP contribution in [0.4, 0.5) is 0 Å². The van der Waals surface area contributed by atoms with Gasteiger partial charge in [0.1, 0.15) is 17.6 Å². The number of rotatable bonds is 2. The van der Waals surface area contributed by atoms with E-state index >= 15 is 0 Å². The van der Waals surface area contributed by atoms with E-state index in [4.69, 9.17) is 4.42 Å². The lowest BCUT2D eigenvalue weighted by molar-refractivity contribution is 0.189. The molecular formula is C16H14O2. The van der Waals surface area contributed by atoms with Crippen LogP contribution < -0.4 is 0 Å². The lowest BCUT2D eigenvalue weighted by atomic mass is 9.99. The summed E-state index contributed by atoms with van der Waals surface area (Å²) in [4.78, 5) is 0. The van der Waals surface area contributed by atoms with Gasteiger partial charge in [0.15, 0.2) is 0 Å². The molecule has 0 saturated heterocycles. The zero-order chi connectivity index (χ0) is 12.5. The summed E-state index contributed by atoms with van der Waals surface area (Å²) in [5.74, 6) is 1.40. The Bertz CT molecular complexity index is 677. The van der Waals surface area contributed by atoms with E-state index in [0.717, 1.165) is 22.1 Å². The van der Waals surface area contributed by atoms with Crippen molar-refractivity contribution >= 4 is 10.8 Å². The van der Waals surface area contributed by atoms with Crippen molar-refractivity contribution in [2.75, 3.05) is 0 Å². The van der Waals surface area contributed by atoms with Crippen molar-refractivity contribution in [3.05, 3.63) is 71.7 Å². The average Bonchev–Trinajstić information content (AvgIpc) is 2.84. The molecular weight excluding hydrogens is 224 g/mol. The third-order valence-electron chi connectivity index (χ3n) is 3.15. The van der Waals surface area contributed by atoms with Crippen molar-refractivity contribution in [3.63, 3.8) is 0 Å². The molecule has 0 fully saturated rings. The maximum absolute atomic E-state index is 10.4. The largest absolute Gasteiger partial charge is 0.463 e. The summed E-state index contributed by atoms with van der Waals surface area (Å²) < 4.78 is 5.50. The molecule has 0 spiro atoms. The molecule has 1 N–H and O–H groups in total. The smallest absolute Gasteiger partial charge is 0.137 e. The van der Waals surface area contributed by atoms with Crippen molar-refractivity contribution in [3.8, 4) is 0 Å². The van der Waals surface area contributed by atoms with Gasteiger partial charge in [-0.05, 0) is 35.4 Å². The number of hydrogen-bond acceptors (Lipinski definition) is 2. The van der Waals surface area contributed by atoms with Gasteiger partial charge in [-0.15, -0.1) is 0 Å². The standard InChI is InChI=1S/C16H14O2/c1-11-9-10-15(18-11)16(17)14-8-4-6-12-5-2-3-7-13(12)14/h2-10,16-17H,1H3/t16-/m1/s1. The van der Waals surface area contributed by atoms with Crippen LogP contribution in [0, 0.1) is 6.92 Å². The van der Waals surface area contributed by atoms with Crippen LogP contribution in [0.15, 0.2) is 59.0 Å². The molecule has 0 aliphatic heterocycles. The van der Waals surface area contributed by atoms with E-state index in [1.807, 2.05) is 61.5 Å². The maximum Gasteiger partial charge on any atom is 0.137 e. The molecule has 2 nitrogen and oxygen atoms in total. The van der Waals surface area contributed by atoms with Crippen molar-refractivity contribution < 1.29 is 9.52 Å². The van der Waals surface area contributed by atoms with Crippen molar-refractivity contribution in [1.82, 2.24) is 0 Å². The maximum atomic E-state index is 10.4. The van der Waals surface area contributed by atoms with Gasteiger partial charge in [0.2, 0.25) is 0 Å². The summed E-state index contributed by atoms with van der Waals surface area (Å²) in [5, 5.41) is 12.6. The van der Waals surface area contributed by atoms with Gasteiger partial charge in [0.05, 0.1) is 0 Å². The van der Waals surface area contributed by atoms with Crippen LogP contribution in [0.1, 0.15) is 23.2 Å². The van der Waals surface area contributed by atoms with Crippen LogP contribution in [0.5, 0.6) is 0 Å². The number of hydrogen-bond donors (Lipinski definition) is 1. The Morgan fingerprint density at radius 2 is 1.72 bits per heavy atom. The van der Waals surface area contributed by atoms with Gasteiger partial charge in [0.25, 0.3) is 0 Å². The Labute approximate surface area is 105 Å². The van der Waals surface area contributed by atoms with Crippen molar-refractivity contribution in [2.45, 2.75) is 13.0 Å². The molecule has 2 aromatic carbocycles. The topological polar surface area (TPSA) is 33.4 Å². The molecule has 1 aromatic heterocycles. The molecule has 90 valence electrons. The first-order chi connectivity index (χ1) is 8.75. The van der Waals surface area contributed by atoms with Gasteiger partial charge in [-0.1, -0.05) is 42.5 Å². The Morgan fingerprint density at radius 3 is 2.50 bits per heavy atom. The molecule has 1 heterocycles. The van der Waals surface area contributed by atoms with E-state index < -0.39 is 6.10 Å². The van der Waals surface area contributed by atoms with Gasteiger partial charge in [-0.3, -0.25) is 0 Å². The van der Waals surface area contributed by atoms with Gasteiger partial charge < -0.3 is 9.52 Å². The fourth-order valence-corrected chi connectivity index (χ4v) is 2.24. The highest BCUT2D eigenvalue weighted by atomic mass is 16.4. The first-order valence-electron chi connectivity index (χ1n) is 5.98. The first kappa shape index (κ1) is 11.1. The zero-order valence-corrected chi connectivity index (χ0v) is 10.1. The molecule has 0 unspecified atom stereocenters. The Kier molecular flexibility index (Phi) is 2.65. The summed E-state index contributed by atoms with van der Waals surface area (Å²) in [6, 6.07) is 17.6. The molecule has 3 aromatic rings. The van der Waals surface area contributed by atoms with Crippen LogP contribution >= 0.6 is 0 Å². The molecule has 0 radical (unpaired) electrons. The fraction of sp³-hybridized carbons (Fsp3) is 0.125. The Balaban J connectivity index is 2.14. The number of aryl methyl sites for hydroxylation is 1. The molecule has 3 rings (SSSR count). The lowest BCUT2D eigenvalue weighted by Gasteiger charge is -2.11. The fourth-order valence-electron chi connectivity index (χ4n) is 2.24.